The number of hydrogen-bond acceptors (Lipinski definition) is 5. The van der Waals surface area contributed by atoms with Crippen LogP contribution in [0.4, 0.5) is 5.00 Å². The number of carbonyl (C=O) groups excluding carboxylic acids is 1. The molecule has 0 saturated heterocycles. The molecule has 0 radical (unpaired) electrons. The lowest BCUT2D eigenvalue weighted by atomic mass is 9.96. The van der Waals surface area contributed by atoms with Crippen LogP contribution in [0.2, 0.25) is 0 Å². The minimum Gasteiger partial charge on any atom is -0.491 e. The molecule has 0 spiro atoms. The summed E-state index contributed by atoms with van der Waals surface area (Å²) in [6.45, 7) is -0.122. The predicted molar refractivity (Wildman–Crippen MR) is 91.6 cm³/mol. The second kappa shape index (κ2) is 6.89. The molecule has 1 N–H and O–H groups in total. The Balaban J connectivity index is 1.80. The van der Waals surface area contributed by atoms with Crippen molar-refractivity contribution in [1.82, 2.24) is 4.57 Å². The second-order valence-electron chi connectivity index (χ2n) is 5.58. The summed E-state index contributed by atoms with van der Waals surface area (Å²) in [4.78, 5) is 25.6. The van der Waals surface area contributed by atoms with Gasteiger partial charge in [-0.1, -0.05) is 0 Å². The number of pyridine rings is 1. The summed E-state index contributed by atoms with van der Waals surface area (Å²) in [6.07, 6.45) is 5.57. The number of aromatic nitrogens is 1. The molecule has 0 aromatic carbocycles. The summed E-state index contributed by atoms with van der Waals surface area (Å²) in [5.74, 6) is -0.143. The number of anilines is 1. The van der Waals surface area contributed by atoms with Crippen LogP contribution in [-0.4, -0.2) is 17.6 Å². The number of rotatable bonds is 4. The molecule has 2 aromatic heterocycles. The van der Waals surface area contributed by atoms with Crippen molar-refractivity contribution >= 4 is 22.2 Å². The minimum atomic E-state index is -0.360. The molecule has 0 atom stereocenters. The molecule has 1 aliphatic rings. The molecule has 6 nitrogen and oxygen atoms in total. The molecule has 0 bridgehead atoms. The molecule has 0 aliphatic heterocycles. The summed E-state index contributed by atoms with van der Waals surface area (Å²) in [7, 11) is 1.41. The van der Waals surface area contributed by atoms with Gasteiger partial charge in [0.25, 0.3) is 5.56 Å². The predicted octanol–water partition coefficient (Wildman–Crippen LogP) is 2.31. The Labute approximate surface area is 143 Å². The molecule has 2 heterocycles. The molecule has 2 aromatic rings. The first-order valence-corrected chi connectivity index (χ1v) is 8.53. The fourth-order valence-electron chi connectivity index (χ4n) is 2.89. The third kappa shape index (κ3) is 3.05. The summed E-state index contributed by atoms with van der Waals surface area (Å²) < 4.78 is 6.26. The second-order valence-corrected chi connectivity index (χ2v) is 6.69. The zero-order chi connectivity index (χ0) is 17.1. The van der Waals surface area contributed by atoms with Gasteiger partial charge in [-0.15, -0.1) is 11.3 Å². The van der Waals surface area contributed by atoms with Crippen molar-refractivity contribution in [2.24, 2.45) is 0 Å². The van der Waals surface area contributed by atoms with Crippen LogP contribution < -0.4 is 15.6 Å². The van der Waals surface area contributed by atoms with E-state index in [4.69, 9.17) is 4.74 Å². The smallest absolute Gasteiger partial charge is 0.293 e. The fraction of sp³-hybridized carbons (Fsp3) is 0.353. The van der Waals surface area contributed by atoms with Crippen molar-refractivity contribution < 1.29 is 9.53 Å². The van der Waals surface area contributed by atoms with E-state index in [-0.39, 0.29) is 23.8 Å². The van der Waals surface area contributed by atoms with Gasteiger partial charge in [0.2, 0.25) is 5.91 Å². The van der Waals surface area contributed by atoms with Crippen LogP contribution in [0, 0.1) is 11.3 Å². The average molecular weight is 343 g/mol. The maximum Gasteiger partial charge on any atom is 0.293 e. The number of aryl methyl sites for hydroxylation is 1. The van der Waals surface area contributed by atoms with Crippen molar-refractivity contribution in [2.45, 2.75) is 32.2 Å². The number of nitrogens with zero attached hydrogens (tertiary/aromatic N) is 2. The molecule has 0 fully saturated rings. The first-order valence-electron chi connectivity index (χ1n) is 7.72. The van der Waals surface area contributed by atoms with E-state index in [1.165, 1.54) is 34.1 Å². The molecule has 124 valence electrons. The van der Waals surface area contributed by atoms with Crippen molar-refractivity contribution in [3.05, 3.63) is 44.7 Å². The third-order valence-corrected chi connectivity index (χ3v) is 5.26. The van der Waals surface area contributed by atoms with E-state index in [9.17, 15) is 14.9 Å². The van der Waals surface area contributed by atoms with Gasteiger partial charge >= 0.3 is 0 Å². The van der Waals surface area contributed by atoms with Crippen LogP contribution in [-0.2, 0) is 24.2 Å². The monoisotopic (exact) mass is 343 g/mol. The lowest BCUT2D eigenvalue weighted by Gasteiger charge is -2.09. The SMILES string of the molecule is COc1cccn(CC(=O)Nc2sc3c(c2C#N)CCCC3)c1=O. The van der Waals surface area contributed by atoms with E-state index < -0.39 is 0 Å². The lowest BCUT2D eigenvalue weighted by molar-refractivity contribution is -0.116. The van der Waals surface area contributed by atoms with Crippen LogP contribution in [0.15, 0.2) is 23.1 Å². The van der Waals surface area contributed by atoms with E-state index >= 15 is 0 Å². The molecular formula is C17H17N3O3S. The van der Waals surface area contributed by atoms with Gasteiger partial charge < -0.3 is 14.6 Å². The zero-order valence-electron chi connectivity index (χ0n) is 13.3. The maximum atomic E-state index is 12.3. The number of thiophene rings is 1. The number of fused-ring (bicyclic) bond motifs is 1. The first-order chi connectivity index (χ1) is 11.6. The van der Waals surface area contributed by atoms with E-state index in [1.807, 2.05) is 0 Å². The first kappa shape index (κ1) is 16.3. The average Bonchev–Trinajstić information content (AvgIpc) is 2.93. The molecule has 24 heavy (non-hydrogen) atoms. The third-order valence-electron chi connectivity index (χ3n) is 4.06. The lowest BCUT2D eigenvalue weighted by Crippen LogP contribution is -2.27. The number of nitriles is 1. The Hall–Kier alpha value is -2.59. The van der Waals surface area contributed by atoms with Crippen molar-refractivity contribution in [3.63, 3.8) is 0 Å². The van der Waals surface area contributed by atoms with Crippen molar-refractivity contribution in [1.29, 1.82) is 5.26 Å². The molecule has 0 saturated carbocycles. The number of amides is 1. The largest absolute Gasteiger partial charge is 0.491 e. The highest BCUT2D eigenvalue weighted by molar-refractivity contribution is 7.16. The normalized spacial score (nSPS) is 13.0. The topological polar surface area (TPSA) is 84.1 Å². The van der Waals surface area contributed by atoms with Crippen molar-refractivity contribution in [2.75, 3.05) is 12.4 Å². The zero-order valence-corrected chi connectivity index (χ0v) is 14.1. The summed E-state index contributed by atoms with van der Waals surface area (Å²) >= 11 is 1.47. The molecule has 3 rings (SSSR count). The van der Waals surface area contributed by atoms with Crippen molar-refractivity contribution in [3.8, 4) is 11.8 Å². The number of carbonyl (C=O) groups is 1. The van der Waals surface area contributed by atoms with Crippen LogP contribution in [0.5, 0.6) is 5.75 Å². The highest BCUT2D eigenvalue weighted by Gasteiger charge is 2.21. The van der Waals surface area contributed by atoms with Gasteiger partial charge in [-0.25, -0.2) is 0 Å². The number of nitrogens with one attached hydrogen (secondary N) is 1. The quantitative estimate of drug-likeness (QED) is 0.923. The van der Waals surface area contributed by atoms with Crippen LogP contribution in [0.25, 0.3) is 0 Å². The Morgan fingerprint density at radius 2 is 2.25 bits per heavy atom. The van der Waals surface area contributed by atoms with Gasteiger partial charge in [-0.2, -0.15) is 5.26 Å². The molecule has 0 unspecified atom stereocenters. The highest BCUT2D eigenvalue weighted by Crippen LogP contribution is 2.37. The maximum absolute atomic E-state index is 12.3. The van der Waals surface area contributed by atoms with Gasteiger partial charge in [0.1, 0.15) is 17.6 Å². The van der Waals surface area contributed by atoms with Gasteiger partial charge in [0.05, 0.1) is 12.7 Å². The Morgan fingerprint density at radius 3 is 3.00 bits per heavy atom. The summed E-state index contributed by atoms with van der Waals surface area (Å²) in [6, 6.07) is 5.41. The number of methoxy groups -OCH3 is 1. The minimum absolute atomic E-state index is 0.122. The number of hydrogen-bond donors (Lipinski definition) is 1. The van der Waals surface area contributed by atoms with E-state index in [0.717, 1.165) is 31.2 Å². The molecule has 1 amide bonds. The fourth-order valence-corrected chi connectivity index (χ4v) is 4.14. The van der Waals surface area contributed by atoms with Crippen LogP contribution in [0.3, 0.4) is 0 Å². The van der Waals surface area contributed by atoms with Gasteiger partial charge in [0.15, 0.2) is 5.75 Å². The Morgan fingerprint density at radius 1 is 1.46 bits per heavy atom. The Bertz CT molecular complexity index is 876. The van der Waals surface area contributed by atoms with Crippen LogP contribution >= 0.6 is 11.3 Å². The van der Waals surface area contributed by atoms with E-state index in [0.29, 0.717) is 10.6 Å². The van der Waals surface area contributed by atoms with Gasteiger partial charge in [-0.05, 0) is 43.4 Å². The van der Waals surface area contributed by atoms with E-state index in [1.54, 1.807) is 12.1 Å². The Kier molecular flexibility index (Phi) is 4.67. The van der Waals surface area contributed by atoms with Gasteiger partial charge in [-0.3, -0.25) is 9.59 Å². The highest BCUT2D eigenvalue weighted by atomic mass is 32.1. The standard InChI is InChI=1S/C17H17N3O3S/c1-23-13-6-4-8-20(17(13)22)10-15(21)19-16-12(9-18)11-5-2-3-7-14(11)24-16/h4,6,8H,2-3,5,7,10H2,1H3,(H,19,21). The molecule has 1 aliphatic carbocycles. The number of ether oxygens (including phenoxy) is 1. The summed E-state index contributed by atoms with van der Waals surface area (Å²) in [5.41, 5.74) is 1.28. The molecular weight excluding hydrogens is 326 g/mol. The summed E-state index contributed by atoms with van der Waals surface area (Å²) in [5, 5.41) is 12.8. The van der Waals surface area contributed by atoms with E-state index in [2.05, 4.69) is 11.4 Å². The van der Waals surface area contributed by atoms with Gasteiger partial charge in [0, 0.05) is 11.1 Å². The van der Waals surface area contributed by atoms with Crippen LogP contribution in [0.1, 0.15) is 28.8 Å². The molecule has 7 heteroatoms.